The molecule has 0 aliphatic rings. The molecule has 0 aliphatic carbocycles. The zero-order valence-corrected chi connectivity index (χ0v) is 14.5. The minimum atomic E-state index is -0.611. The molecule has 1 aromatic rings. The smallest absolute Gasteiger partial charge is 0.312 e. The SMILES string of the molecule is CCN(C(=O)C(=O)NCCOc1ccc(OC)cc1)C(C)(C)C. The topological polar surface area (TPSA) is 67.9 Å². The number of amides is 2. The van der Waals surface area contributed by atoms with Gasteiger partial charge in [0.2, 0.25) is 0 Å². The van der Waals surface area contributed by atoms with Crippen LogP contribution in [-0.4, -0.2) is 49.1 Å². The van der Waals surface area contributed by atoms with E-state index in [1.165, 1.54) is 4.90 Å². The Morgan fingerprint density at radius 2 is 1.70 bits per heavy atom. The maximum Gasteiger partial charge on any atom is 0.312 e. The molecule has 0 spiro atoms. The molecule has 2 amide bonds. The van der Waals surface area contributed by atoms with Gasteiger partial charge in [-0.3, -0.25) is 9.59 Å². The molecule has 6 heteroatoms. The largest absolute Gasteiger partial charge is 0.497 e. The number of ether oxygens (including phenoxy) is 2. The van der Waals surface area contributed by atoms with Crippen LogP contribution in [0.4, 0.5) is 0 Å². The highest BCUT2D eigenvalue weighted by Crippen LogP contribution is 2.16. The molecule has 0 aromatic heterocycles. The van der Waals surface area contributed by atoms with E-state index in [0.717, 1.165) is 5.75 Å². The fraction of sp³-hybridized carbons (Fsp3) is 0.529. The summed E-state index contributed by atoms with van der Waals surface area (Å²) in [5.41, 5.74) is -0.386. The van der Waals surface area contributed by atoms with Crippen molar-refractivity contribution in [1.29, 1.82) is 0 Å². The number of benzene rings is 1. The first-order chi connectivity index (χ1) is 10.8. The number of nitrogens with one attached hydrogen (secondary N) is 1. The van der Waals surface area contributed by atoms with Gasteiger partial charge < -0.3 is 19.7 Å². The van der Waals surface area contributed by atoms with Crippen LogP contribution in [0, 0.1) is 0 Å². The number of nitrogens with zero attached hydrogens (tertiary/aromatic N) is 1. The Bertz CT molecular complexity index is 520. The van der Waals surface area contributed by atoms with Crippen molar-refractivity contribution >= 4 is 11.8 Å². The summed E-state index contributed by atoms with van der Waals surface area (Å²) in [7, 11) is 1.60. The van der Waals surface area contributed by atoms with Gasteiger partial charge in [-0.25, -0.2) is 0 Å². The van der Waals surface area contributed by atoms with E-state index in [-0.39, 0.29) is 18.7 Å². The molecule has 1 N–H and O–H groups in total. The van der Waals surface area contributed by atoms with Crippen molar-refractivity contribution in [2.45, 2.75) is 33.2 Å². The highest BCUT2D eigenvalue weighted by atomic mass is 16.5. The van der Waals surface area contributed by atoms with E-state index >= 15 is 0 Å². The van der Waals surface area contributed by atoms with Crippen LogP contribution in [0.25, 0.3) is 0 Å². The second-order valence-electron chi connectivity index (χ2n) is 6.00. The Morgan fingerprint density at radius 3 is 2.17 bits per heavy atom. The van der Waals surface area contributed by atoms with Crippen molar-refractivity contribution in [3.63, 3.8) is 0 Å². The van der Waals surface area contributed by atoms with Crippen molar-refractivity contribution in [2.75, 3.05) is 26.8 Å². The van der Waals surface area contributed by atoms with Crippen molar-refractivity contribution in [3.8, 4) is 11.5 Å². The van der Waals surface area contributed by atoms with E-state index < -0.39 is 11.8 Å². The molecule has 1 rings (SSSR count). The molecule has 6 nitrogen and oxygen atoms in total. The molecule has 0 saturated carbocycles. The molecule has 0 fully saturated rings. The Balaban J connectivity index is 2.39. The number of hydrogen-bond acceptors (Lipinski definition) is 4. The van der Waals surface area contributed by atoms with E-state index in [2.05, 4.69) is 5.32 Å². The van der Waals surface area contributed by atoms with E-state index in [0.29, 0.717) is 12.3 Å². The summed E-state index contributed by atoms with van der Waals surface area (Å²) in [4.78, 5) is 25.6. The molecular formula is C17H26N2O4. The number of rotatable bonds is 6. The van der Waals surface area contributed by atoms with Gasteiger partial charge in [0.15, 0.2) is 0 Å². The molecule has 0 unspecified atom stereocenters. The van der Waals surface area contributed by atoms with Crippen LogP contribution in [0.1, 0.15) is 27.7 Å². The van der Waals surface area contributed by atoms with Crippen LogP contribution in [0.5, 0.6) is 11.5 Å². The summed E-state index contributed by atoms with van der Waals surface area (Å²) < 4.78 is 10.6. The van der Waals surface area contributed by atoms with Crippen LogP contribution in [-0.2, 0) is 9.59 Å². The number of carbonyl (C=O) groups excluding carboxylic acids is 2. The van der Waals surface area contributed by atoms with Crippen LogP contribution >= 0.6 is 0 Å². The highest BCUT2D eigenvalue weighted by molar-refractivity contribution is 6.35. The lowest BCUT2D eigenvalue weighted by atomic mass is 10.1. The zero-order valence-electron chi connectivity index (χ0n) is 14.5. The highest BCUT2D eigenvalue weighted by Gasteiger charge is 2.29. The van der Waals surface area contributed by atoms with E-state index in [4.69, 9.17) is 9.47 Å². The third kappa shape index (κ3) is 5.81. The Kier molecular flexibility index (Phi) is 6.88. The van der Waals surface area contributed by atoms with E-state index in [9.17, 15) is 9.59 Å². The second-order valence-corrected chi connectivity index (χ2v) is 6.00. The van der Waals surface area contributed by atoms with Crippen molar-refractivity contribution < 1.29 is 19.1 Å². The number of carbonyl (C=O) groups is 2. The van der Waals surface area contributed by atoms with Gasteiger partial charge in [0.25, 0.3) is 0 Å². The molecule has 0 radical (unpaired) electrons. The summed E-state index contributed by atoms with van der Waals surface area (Å²) >= 11 is 0. The zero-order chi connectivity index (χ0) is 17.5. The molecule has 0 aliphatic heterocycles. The average molecular weight is 322 g/mol. The average Bonchev–Trinajstić information content (AvgIpc) is 2.51. The molecule has 0 bridgehead atoms. The maximum atomic E-state index is 12.1. The fourth-order valence-electron chi connectivity index (χ4n) is 2.13. The van der Waals surface area contributed by atoms with Gasteiger partial charge in [0.1, 0.15) is 18.1 Å². The van der Waals surface area contributed by atoms with E-state index in [1.54, 1.807) is 31.4 Å². The first-order valence-electron chi connectivity index (χ1n) is 7.66. The predicted molar refractivity (Wildman–Crippen MR) is 88.6 cm³/mol. The van der Waals surface area contributed by atoms with Gasteiger partial charge >= 0.3 is 11.8 Å². The molecule has 0 heterocycles. The predicted octanol–water partition coefficient (Wildman–Crippen LogP) is 1.84. The van der Waals surface area contributed by atoms with Gasteiger partial charge in [0.05, 0.1) is 13.7 Å². The molecule has 0 atom stereocenters. The number of likely N-dealkylation sites (N-methyl/N-ethyl adjacent to an activating group) is 1. The Labute approximate surface area is 137 Å². The summed E-state index contributed by atoms with van der Waals surface area (Å²) in [5.74, 6) is 0.291. The minimum Gasteiger partial charge on any atom is -0.497 e. The molecular weight excluding hydrogens is 296 g/mol. The van der Waals surface area contributed by atoms with Crippen LogP contribution in [0.2, 0.25) is 0 Å². The van der Waals surface area contributed by atoms with Gasteiger partial charge in [-0.2, -0.15) is 0 Å². The Hall–Kier alpha value is -2.24. The number of hydrogen-bond donors (Lipinski definition) is 1. The van der Waals surface area contributed by atoms with Crippen molar-refractivity contribution in [1.82, 2.24) is 10.2 Å². The molecule has 23 heavy (non-hydrogen) atoms. The van der Waals surface area contributed by atoms with Crippen LogP contribution in [0.3, 0.4) is 0 Å². The second kappa shape index (κ2) is 8.41. The summed E-state index contributed by atoms with van der Waals surface area (Å²) in [6.45, 7) is 8.57. The van der Waals surface area contributed by atoms with Gasteiger partial charge in [-0.05, 0) is 52.0 Å². The lowest BCUT2D eigenvalue weighted by Gasteiger charge is -2.34. The standard InChI is InChI=1S/C17H26N2O4/c1-6-19(17(2,3)4)16(21)15(20)18-11-12-23-14-9-7-13(22-5)8-10-14/h7-10H,6,11-12H2,1-5H3,(H,18,20). The van der Waals surface area contributed by atoms with Crippen LogP contribution in [0.15, 0.2) is 24.3 Å². The van der Waals surface area contributed by atoms with E-state index in [1.807, 2.05) is 27.7 Å². The van der Waals surface area contributed by atoms with Crippen molar-refractivity contribution in [3.05, 3.63) is 24.3 Å². The van der Waals surface area contributed by atoms with Gasteiger partial charge in [-0.1, -0.05) is 0 Å². The first-order valence-corrected chi connectivity index (χ1v) is 7.66. The third-order valence-electron chi connectivity index (χ3n) is 3.28. The fourth-order valence-corrected chi connectivity index (χ4v) is 2.13. The normalized spacial score (nSPS) is 10.8. The van der Waals surface area contributed by atoms with Crippen LogP contribution < -0.4 is 14.8 Å². The quantitative estimate of drug-likeness (QED) is 0.641. The Morgan fingerprint density at radius 1 is 1.13 bits per heavy atom. The van der Waals surface area contributed by atoms with Gasteiger partial charge in [-0.15, -0.1) is 0 Å². The lowest BCUT2D eigenvalue weighted by Crippen LogP contribution is -2.51. The lowest BCUT2D eigenvalue weighted by molar-refractivity contribution is -0.149. The van der Waals surface area contributed by atoms with Crippen molar-refractivity contribution in [2.24, 2.45) is 0 Å². The third-order valence-corrected chi connectivity index (χ3v) is 3.28. The summed E-state index contributed by atoms with van der Waals surface area (Å²) in [6.07, 6.45) is 0. The molecule has 0 saturated heterocycles. The van der Waals surface area contributed by atoms with Gasteiger partial charge in [0, 0.05) is 12.1 Å². The summed E-state index contributed by atoms with van der Waals surface area (Å²) in [6, 6.07) is 7.15. The molecule has 128 valence electrons. The minimum absolute atomic E-state index is 0.262. The number of methoxy groups -OCH3 is 1. The summed E-state index contributed by atoms with van der Waals surface area (Å²) in [5, 5.41) is 2.58. The monoisotopic (exact) mass is 322 g/mol. The molecule has 1 aromatic carbocycles. The maximum absolute atomic E-state index is 12.1. The first kappa shape index (κ1) is 18.8.